The molecule has 1 aromatic carbocycles. The molecule has 4 unspecified atom stereocenters. The van der Waals surface area contributed by atoms with Gasteiger partial charge in [-0.05, 0) is 87.5 Å². The first-order valence-electron chi connectivity index (χ1n) is 19.4. The second-order valence-electron chi connectivity index (χ2n) is 16.4. The van der Waals surface area contributed by atoms with Gasteiger partial charge < -0.3 is 19.7 Å². The minimum absolute atomic E-state index is 0.0247. The summed E-state index contributed by atoms with van der Waals surface area (Å²) in [4.78, 5) is 33.0. The fourth-order valence-electron chi connectivity index (χ4n) is 10.6. The number of carbonyl (C=O) groups is 2. The van der Waals surface area contributed by atoms with Gasteiger partial charge in [0.2, 0.25) is 5.91 Å². The van der Waals surface area contributed by atoms with Crippen molar-refractivity contribution in [3.63, 3.8) is 0 Å². The minimum atomic E-state index is -0.698. The van der Waals surface area contributed by atoms with Gasteiger partial charge in [0.05, 0.1) is 31.3 Å². The molecule has 8 nitrogen and oxygen atoms in total. The van der Waals surface area contributed by atoms with Gasteiger partial charge in [-0.2, -0.15) is 0 Å². The Balaban J connectivity index is 0.866. The fourth-order valence-corrected chi connectivity index (χ4v) is 11.7. The molecule has 1 aromatic heterocycles. The number of aryl methyl sites for hydroxylation is 1. The highest BCUT2D eigenvalue weighted by molar-refractivity contribution is 7.19. The van der Waals surface area contributed by atoms with Crippen LogP contribution in [-0.2, 0) is 25.7 Å². The van der Waals surface area contributed by atoms with Crippen molar-refractivity contribution in [3.05, 3.63) is 70.2 Å². The highest BCUT2D eigenvalue weighted by Gasteiger charge is 2.85. The quantitative estimate of drug-likeness (QED) is 0.135. The lowest BCUT2D eigenvalue weighted by molar-refractivity contribution is -0.744. The highest BCUT2D eigenvalue weighted by Crippen LogP contribution is 2.66. The lowest BCUT2D eigenvalue weighted by Gasteiger charge is -2.36. The second-order valence-corrected chi connectivity index (χ2v) is 17.6. The number of piperidine rings is 1. The van der Waals surface area contributed by atoms with Crippen LogP contribution in [0, 0.1) is 24.7 Å². The maximum absolute atomic E-state index is 14.9. The SMILES string of the molecule is Cc1ccc2cc(COCNC3(C(=O)N[C@@H]4CC5=CC=CC=C6C5C5C6[N+]5(CC5CCN(CC6CCOCC6)CC5)C4=O)CCCC3)sc2c1. The summed E-state index contributed by atoms with van der Waals surface area (Å²) in [5.41, 5.74) is 3.34. The number of amides is 2. The summed E-state index contributed by atoms with van der Waals surface area (Å²) in [5, 5.41) is 8.17. The van der Waals surface area contributed by atoms with Gasteiger partial charge in [-0.3, -0.25) is 10.1 Å². The summed E-state index contributed by atoms with van der Waals surface area (Å²) >= 11 is 1.77. The summed E-state index contributed by atoms with van der Waals surface area (Å²) in [7, 11) is 0. The van der Waals surface area contributed by atoms with Gasteiger partial charge in [0.25, 0.3) is 0 Å². The van der Waals surface area contributed by atoms with E-state index in [1.807, 2.05) is 0 Å². The van der Waals surface area contributed by atoms with E-state index in [1.54, 1.807) is 11.3 Å². The van der Waals surface area contributed by atoms with E-state index in [-0.39, 0.29) is 11.8 Å². The van der Waals surface area contributed by atoms with Crippen molar-refractivity contribution in [2.45, 2.75) is 95.0 Å². The van der Waals surface area contributed by atoms with Crippen LogP contribution in [-0.4, -0.2) is 91.0 Å². The third-order valence-corrected chi connectivity index (χ3v) is 14.4. The van der Waals surface area contributed by atoms with E-state index < -0.39 is 11.6 Å². The number of carbonyl (C=O) groups excluding carboxylic acids is 2. The number of nitrogens with zero attached hydrogens (tertiary/aromatic N) is 2. The second kappa shape index (κ2) is 13.4. The Hall–Kier alpha value is -2.66. The van der Waals surface area contributed by atoms with E-state index >= 15 is 0 Å². The summed E-state index contributed by atoms with van der Waals surface area (Å²) in [6, 6.07) is 8.90. The number of quaternary nitrogens is 1. The van der Waals surface area contributed by atoms with Crippen LogP contribution in [0.2, 0.25) is 0 Å². The number of fused-ring (bicyclic) bond motifs is 3. The molecule has 9 rings (SSSR count). The molecule has 2 aromatic rings. The van der Waals surface area contributed by atoms with E-state index in [4.69, 9.17) is 9.47 Å². The van der Waals surface area contributed by atoms with Crippen molar-refractivity contribution in [2.24, 2.45) is 17.8 Å². The van der Waals surface area contributed by atoms with Crippen LogP contribution in [0.5, 0.6) is 0 Å². The predicted octanol–water partition coefficient (Wildman–Crippen LogP) is 5.76. The lowest BCUT2D eigenvalue weighted by atomic mass is 9.73. The Bertz CT molecular complexity index is 1730. The molecule has 2 amide bonds. The molecule has 2 N–H and O–H groups in total. The molecule has 0 spiro atoms. The van der Waals surface area contributed by atoms with Crippen molar-refractivity contribution in [3.8, 4) is 0 Å². The van der Waals surface area contributed by atoms with E-state index in [1.165, 1.54) is 51.1 Å². The summed E-state index contributed by atoms with van der Waals surface area (Å²) in [5.74, 6) is 1.88. The number of hydrogen-bond donors (Lipinski definition) is 2. The number of rotatable bonds is 11. The van der Waals surface area contributed by atoms with E-state index in [2.05, 4.69) is 71.0 Å². The molecule has 0 bridgehead atoms. The molecule has 7 aliphatic rings. The molecule has 9 heteroatoms. The Morgan fingerprint density at radius 2 is 1.86 bits per heavy atom. The predicted molar refractivity (Wildman–Crippen MR) is 196 cm³/mol. The lowest BCUT2D eigenvalue weighted by Crippen LogP contribution is -2.61. The first-order valence-corrected chi connectivity index (χ1v) is 20.2. The van der Waals surface area contributed by atoms with E-state index in [0.29, 0.717) is 48.2 Å². The Morgan fingerprint density at radius 1 is 1.06 bits per heavy atom. The van der Waals surface area contributed by atoms with Crippen LogP contribution in [0.15, 0.2) is 59.7 Å². The number of thiophene rings is 1. The Labute approximate surface area is 300 Å². The smallest absolute Gasteiger partial charge is 0.337 e. The van der Waals surface area contributed by atoms with Crippen LogP contribution >= 0.6 is 11.3 Å². The van der Waals surface area contributed by atoms with E-state index in [9.17, 15) is 9.59 Å². The molecule has 3 aliphatic carbocycles. The largest absolute Gasteiger partial charge is 0.381 e. The summed E-state index contributed by atoms with van der Waals surface area (Å²) in [6.45, 7) is 9.13. The summed E-state index contributed by atoms with van der Waals surface area (Å²) < 4.78 is 13.6. The van der Waals surface area contributed by atoms with Gasteiger partial charge in [0, 0.05) is 47.2 Å². The molecule has 0 radical (unpaired) electrons. The zero-order chi connectivity index (χ0) is 33.9. The van der Waals surface area contributed by atoms with Crippen LogP contribution in [0.4, 0.5) is 0 Å². The third kappa shape index (κ3) is 5.86. The fraction of sp³-hybridized carbons (Fsp3) is 0.610. The van der Waals surface area contributed by atoms with Crippen LogP contribution in [0.25, 0.3) is 10.1 Å². The average Bonchev–Trinajstić information content (AvgIpc) is 3.35. The first kappa shape index (κ1) is 33.2. The van der Waals surface area contributed by atoms with Crippen molar-refractivity contribution in [1.82, 2.24) is 15.5 Å². The van der Waals surface area contributed by atoms with E-state index in [0.717, 1.165) is 77.3 Å². The zero-order valence-corrected chi connectivity index (χ0v) is 30.4. The van der Waals surface area contributed by atoms with Crippen molar-refractivity contribution < 1.29 is 23.5 Å². The molecule has 2 saturated carbocycles. The van der Waals surface area contributed by atoms with Crippen molar-refractivity contribution in [2.75, 3.05) is 46.1 Å². The first-order chi connectivity index (χ1) is 24.4. The topological polar surface area (TPSA) is 79.9 Å². The Morgan fingerprint density at radius 3 is 2.68 bits per heavy atom. The van der Waals surface area contributed by atoms with Gasteiger partial charge in [-0.1, -0.05) is 54.9 Å². The normalized spacial score (nSPS) is 32.1. The van der Waals surface area contributed by atoms with Gasteiger partial charge in [-0.15, -0.1) is 11.3 Å². The molecule has 266 valence electrons. The van der Waals surface area contributed by atoms with Crippen molar-refractivity contribution >= 4 is 33.2 Å². The molecule has 6 fully saturated rings. The molecular formula is C41H53N4O4S+. The monoisotopic (exact) mass is 697 g/mol. The number of ether oxygens (including phenoxy) is 2. The third-order valence-electron chi connectivity index (χ3n) is 13.4. The van der Waals surface area contributed by atoms with Gasteiger partial charge in [0.15, 0.2) is 12.1 Å². The zero-order valence-electron chi connectivity index (χ0n) is 29.5. The van der Waals surface area contributed by atoms with Gasteiger partial charge in [-0.25, -0.2) is 9.28 Å². The van der Waals surface area contributed by atoms with Gasteiger partial charge >= 0.3 is 5.91 Å². The average molecular weight is 698 g/mol. The number of allylic oxidation sites excluding steroid dienone is 4. The Kier molecular flexibility index (Phi) is 8.89. The number of hydrogen-bond acceptors (Lipinski definition) is 7. The van der Waals surface area contributed by atoms with Gasteiger partial charge in [0.1, 0.15) is 6.04 Å². The molecule has 4 saturated heterocycles. The number of nitrogens with one attached hydrogen (secondary N) is 2. The number of likely N-dealkylation sites (tertiary alicyclic amines) is 1. The van der Waals surface area contributed by atoms with Crippen molar-refractivity contribution in [1.29, 1.82) is 0 Å². The van der Waals surface area contributed by atoms with Crippen LogP contribution in [0.1, 0.15) is 68.2 Å². The molecule has 50 heavy (non-hydrogen) atoms. The number of benzene rings is 1. The van der Waals surface area contributed by atoms with Crippen LogP contribution in [0.3, 0.4) is 0 Å². The standard InChI is InChI=1S/C41H52N4O4S/c1-27-8-9-30-21-32(50-35(30)20-27)25-49-26-42-41(14-4-5-15-41)40(47)43-34-22-31-6-2-3-7-33-36(31)38-37(33)45(38,39(34)46)24-29-10-16-44(17-11-29)23-28-12-18-48-19-13-28/h2-3,6-9,20-21,28-29,34,36-38,42H,4-5,10-19,22-26H2,1H3/p+1/t34-,36?,37?,38?,45?/m1/s1. The molecule has 5 heterocycles. The minimum Gasteiger partial charge on any atom is -0.381 e. The highest BCUT2D eigenvalue weighted by atomic mass is 32.1. The maximum atomic E-state index is 14.9. The molecule has 4 aliphatic heterocycles. The maximum Gasteiger partial charge on any atom is 0.337 e. The summed E-state index contributed by atoms with van der Waals surface area (Å²) in [6.07, 6.45) is 17.6. The van der Waals surface area contributed by atoms with Crippen LogP contribution < -0.4 is 10.6 Å². The molecular weight excluding hydrogens is 645 g/mol. The molecule has 5 atom stereocenters.